The number of halogens is 1. The van der Waals surface area contributed by atoms with Crippen molar-refractivity contribution in [1.29, 1.82) is 0 Å². The molecule has 0 saturated heterocycles. The predicted molar refractivity (Wildman–Crippen MR) is 121 cm³/mol. The van der Waals surface area contributed by atoms with Crippen molar-refractivity contribution >= 4 is 5.97 Å². The molecule has 168 valence electrons. The van der Waals surface area contributed by atoms with Crippen molar-refractivity contribution in [3.05, 3.63) is 106 Å². The summed E-state index contributed by atoms with van der Waals surface area (Å²) in [5.74, 6) is 5.13. The van der Waals surface area contributed by atoms with Gasteiger partial charge in [0, 0.05) is 19.1 Å². The molecule has 33 heavy (non-hydrogen) atoms. The van der Waals surface area contributed by atoms with Gasteiger partial charge in [-0.1, -0.05) is 53.4 Å². The molecule has 0 aliphatic rings. The van der Waals surface area contributed by atoms with Gasteiger partial charge in [-0.25, -0.2) is 9.18 Å². The van der Waals surface area contributed by atoms with Crippen LogP contribution in [-0.4, -0.2) is 30.9 Å². The molecule has 0 aliphatic heterocycles. The lowest BCUT2D eigenvalue weighted by Crippen LogP contribution is -2.24. The highest BCUT2D eigenvalue weighted by Gasteiger charge is 2.16. The molecule has 3 aromatic carbocycles. The lowest BCUT2D eigenvalue weighted by molar-refractivity contribution is -0.148. The number of carbonyl (C=O) groups is 1. The smallest absolute Gasteiger partial charge is 0.333 e. The standard InChI is InChI=1S/C26H22FNO5/c1-32-24(26(29)30)17-19-6-4-18(5-7-19)3-2-16-33-23-14-10-21(11-15-23)25(28-31)20-8-12-22(27)13-9-20/h4-15,24-25H,16-17H2,1H3,(H,29,30)/t24-,25?/m0/s1. The van der Waals surface area contributed by atoms with Gasteiger partial charge in [-0.3, -0.25) is 0 Å². The van der Waals surface area contributed by atoms with Gasteiger partial charge in [0.25, 0.3) is 0 Å². The van der Waals surface area contributed by atoms with Crippen LogP contribution in [0.15, 0.2) is 78.0 Å². The molecule has 0 saturated carbocycles. The maximum atomic E-state index is 13.1. The van der Waals surface area contributed by atoms with Gasteiger partial charge in [-0.15, -0.1) is 4.91 Å². The number of aliphatic carboxylic acids is 1. The molecule has 7 heteroatoms. The summed E-state index contributed by atoms with van der Waals surface area (Å²) in [6.07, 6.45) is -0.602. The van der Waals surface area contributed by atoms with Crippen LogP contribution in [0.5, 0.6) is 5.75 Å². The Kier molecular flexibility index (Phi) is 8.28. The maximum absolute atomic E-state index is 13.1. The van der Waals surface area contributed by atoms with E-state index < -0.39 is 18.1 Å². The molecule has 0 spiro atoms. The van der Waals surface area contributed by atoms with Gasteiger partial charge < -0.3 is 14.6 Å². The number of methoxy groups -OCH3 is 1. The van der Waals surface area contributed by atoms with Crippen LogP contribution >= 0.6 is 0 Å². The van der Waals surface area contributed by atoms with E-state index in [1.165, 1.54) is 31.4 Å². The minimum absolute atomic E-state index is 0.166. The highest BCUT2D eigenvalue weighted by Crippen LogP contribution is 2.27. The first kappa shape index (κ1) is 23.6. The Hall–Kier alpha value is -4.02. The summed E-state index contributed by atoms with van der Waals surface area (Å²) in [7, 11) is 1.37. The average molecular weight is 447 g/mol. The molecule has 6 nitrogen and oxygen atoms in total. The Morgan fingerprint density at radius 1 is 1.00 bits per heavy atom. The Bertz CT molecular complexity index is 1130. The number of nitrogens with zero attached hydrogens (tertiary/aromatic N) is 1. The van der Waals surface area contributed by atoms with Crippen LogP contribution < -0.4 is 4.74 Å². The molecule has 3 aromatic rings. The average Bonchev–Trinajstić information content (AvgIpc) is 2.83. The Morgan fingerprint density at radius 2 is 1.61 bits per heavy atom. The minimum Gasteiger partial charge on any atom is -0.481 e. The summed E-state index contributed by atoms with van der Waals surface area (Å²) in [6.45, 7) is 0.166. The van der Waals surface area contributed by atoms with Crippen molar-refractivity contribution in [1.82, 2.24) is 0 Å². The number of hydrogen-bond donors (Lipinski definition) is 1. The van der Waals surface area contributed by atoms with Crippen molar-refractivity contribution < 1.29 is 23.8 Å². The predicted octanol–water partition coefficient (Wildman–Crippen LogP) is 4.75. The van der Waals surface area contributed by atoms with Gasteiger partial charge in [-0.05, 0) is 53.1 Å². The van der Waals surface area contributed by atoms with Crippen LogP contribution in [0.1, 0.15) is 28.3 Å². The normalized spacial score (nSPS) is 12.2. The molecule has 0 aromatic heterocycles. The third-order valence-corrected chi connectivity index (χ3v) is 4.97. The van der Waals surface area contributed by atoms with E-state index in [9.17, 15) is 14.1 Å². The summed E-state index contributed by atoms with van der Waals surface area (Å²) in [5, 5.41) is 12.2. The zero-order valence-electron chi connectivity index (χ0n) is 17.9. The van der Waals surface area contributed by atoms with E-state index in [0.29, 0.717) is 16.9 Å². The van der Waals surface area contributed by atoms with Crippen LogP contribution in [0.4, 0.5) is 4.39 Å². The zero-order valence-corrected chi connectivity index (χ0v) is 17.9. The van der Waals surface area contributed by atoms with Crippen LogP contribution in [0.2, 0.25) is 0 Å². The highest BCUT2D eigenvalue weighted by atomic mass is 19.1. The van der Waals surface area contributed by atoms with Crippen LogP contribution in [0.25, 0.3) is 0 Å². The fourth-order valence-corrected chi connectivity index (χ4v) is 3.17. The summed E-state index contributed by atoms with van der Waals surface area (Å²) < 4.78 is 23.7. The van der Waals surface area contributed by atoms with Gasteiger partial charge in [0.05, 0.1) is 0 Å². The molecule has 0 heterocycles. The molecular formula is C26H22FNO5. The molecule has 1 unspecified atom stereocenters. The molecule has 1 N–H and O–H groups in total. The van der Waals surface area contributed by atoms with Crippen LogP contribution in [0.3, 0.4) is 0 Å². The van der Waals surface area contributed by atoms with E-state index in [1.807, 2.05) is 24.3 Å². The molecule has 3 rings (SSSR count). The molecular weight excluding hydrogens is 425 g/mol. The number of carboxylic acid groups (broad SMARTS) is 1. The lowest BCUT2D eigenvalue weighted by Gasteiger charge is -2.11. The first-order valence-corrected chi connectivity index (χ1v) is 10.1. The fraction of sp³-hybridized carbons (Fsp3) is 0.192. The summed E-state index contributed by atoms with van der Waals surface area (Å²) >= 11 is 0. The second-order valence-corrected chi connectivity index (χ2v) is 7.18. The number of rotatable bonds is 9. The first-order valence-electron chi connectivity index (χ1n) is 10.1. The highest BCUT2D eigenvalue weighted by molar-refractivity contribution is 5.72. The van der Waals surface area contributed by atoms with E-state index in [1.54, 1.807) is 24.3 Å². The van der Waals surface area contributed by atoms with Crippen LogP contribution in [0, 0.1) is 22.6 Å². The second-order valence-electron chi connectivity index (χ2n) is 7.18. The largest absolute Gasteiger partial charge is 0.481 e. The second kappa shape index (κ2) is 11.6. The van der Waals surface area contributed by atoms with E-state index in [0.717, 1.165) is 11.1 Å². The van der Waals surface area contributed by atoms with Crippen molar-refractivity contribution in [2.75, 3.05) is 13.7 Å². The number of hydrogen-bond acceptors (Lipinski definition) is 5. The van der Waals surface area contributed by atoms with Gasteiger partial charge >= 0.3 is 5.97 Å². The number of benzene rings is 3. The molecule has 0 bridgehead atoms. The summed E-state index contributed by atoms with van der Waals surface area (Å²) in [4.78, 5) is 22.4. The Labute approximate surface area is 191 Å². The van der Waals surface area contributed by atoms with Gasteiger partial charge in [0.1, 0.15) is 24.2 Å². The third kappa shape index (κ3) is 6.73. The topological polar surface area (TPSA) is 85.2 Å². The van der Waals surface area contributed by atoms with Gasteiger partial charge in [0.2, 0.25) is 0 Å². The quantitative estimate of drug-likeness (QED) is 0.378. The fourth-order valence-electron chi connectivity index (χ4n) is 3.17. The van der Waals surface area contributed by atoms with Crippen molar-refractivity contribution in [3.63, 3.8) is 0 Å². The monoisotopic (exact) mass is 447 g/mol. The summed E-state index contributed by atoms with van der Waals surface area (Å²) in [5.41, 5.74) is 2.91. The Balaban J connectivity index is 1.54. The van der Waals surface area contributed by atoms with E-state index in [-0.39, 0.29) is 18.8 Å². The van der Waals surface area contributed by atoms with Gasteiger partial charge in [0.15, 0.2) is 6.10 Å². The van der Waals surface area contributed by atoms with Crippen molar-refractivity contribution in [2.24, 2.45) is 5.18 Å². The first-order chi connectivity index (χ1) is 16.0. The molecule has 0 amide bonds. The van der Waals surface area contributed by atoms with Gasteiger partial charge in [-0.2, -0.15) is 0 Å². The van der Waals surface area contributed by atoms with E-state index in [2.05, 4.69) is 17.0 Å². The van der Waals surface area contributed by atoms with Crippen molar-refractivity contribution in [2.45, 2.75) is 18.6 Å². The van der Waals surface area contributed by atoms with Crippen molar-refractivity contribution in [3.8, 4) is 17.6 Å². The number of ether oxygens (including phenoxy) is 2. The zero-order chi connectivity index (χ0) is 23.6. The number of carboxylic acids is 1. The molecule has 0 fully saturated rings. The Morgan fingerprint density at radius 3 is 2.15 bits per heavy atom. The molecule has 0 aliphatic carbocycles. The molecule has 2 atom stereocenters. The maximum Gasteiger partial charge on any atom is 0.333 e. The lowest BCUT2D eigenvalue weighted by atomic mass is 9.99. The van der Waals surface area contributed by atoms with Crippen LogP contribution in [-0.2, 0) is 16.0 Å². The number of nitroso groups, excluding NO2 is 1. The third-order valence-electron chi connectivity index (χ3n) is 4.97. The summed E-state index contributed by atoms with van der Waals surface area (Å²) in [6, 6.07) is 19.1. The van der Waals surface area contributed by atoms with E-state index in [4.69, 9.17) is 14.6 Å². The SMILES string of the molecule is CO[C@@H](Cc1ccc(C#CCOc2ccc(C(N=O)c3ccc(F)cc3)cc2)cc1)C(=O)O. The van der Waals surface area contributed by atoms with E-state index >= 15 is 0 Å². The molecule has 0 radical (unpaired) electrons. The minimum atomic E-state index is -1.00.